The Labute approximate surface area is 177 Å². The first-order valence-corrected chi connectivity index (χ1v) is 10.5. The monoisotopic (exact) mass is 416 g/mol. The minimum absolute atomic E-state index is 0.0350. The highest BCUT2D eigenvalue weighted by atomic mass is 32.1. The zero-order chi connectivity index (χ0) is 20.7. The number of hydrogen-bond acceptors (Lipinski definition) is 5. The Morgan fingerprint density at radius 3 is 3.00 bits per heavy atom. The van der Waals surface area contributed by atoms with E-state index in [1.54, 1.807) is 22.1 Å². The van der Waals surface area contributed by atoms with Crippen molar-refractivity contribution in [1.29, 1.82) is 0 Å². The third-order valence-corrected chi connectivity index (χ3v) is 6.21. The van der Waals surface area contributed by atoms with Gasteiger partial charge in [-0.05, 0) is 36.8 Å². The summed E-state index contributed by atoms with van der Waals surface area (Å²) in [4.78, 5) is 17.3. The van der Waals surface area contributed by atoms with E-state index in [2.05, 4.69) is 11.9 Å². The molecule has 0 fully saturated rings. The molecule has 1 atom stereocenters. The van der Waals surface area contributed by atoms with Gasteiger partial charge < -0.3 is 10.1 Å². The molecule has 0 spiro atoms. The smallest absolute Gasteiger partial charge is 0.226 e. The summed E-state index contributed by atoms with van der Waals surface area (Å²) in [5, 5.41) is 8.51. The largest absolute Gasteiger partial charge is 0.490 e. The highest BCUT2D eigenvalue weighted by molar-refractivity contribution is 7.20. The summed E-state index contributed by atoms with van der Waals surface area (Å²) < 4.78 is 8.54. The standard InChI is InChI=1S/C23H20N4O2S/c1-3-11-29-16-8-6-7-15(12-16)17-13-20(28)25-22-21(17)14(2)26-27(22)23-24-18-9-4-5-10-19(18)30-23/h3-10,12,17H,1,11,13H2,2H3,(H,25,28)/t17-/m1/s1. The molecule has 0 saturated heterocycles. The van der Waals surface area contributed by atoms with Gasteiger partial charge in [0.15, 0.2) is 0 Å². The molecule has 7 heteroatoms. The van der Waals surface area contributed by atoms with E-state index < -0.39 is 0 Å². The number of anilines is 1. The molecular weight excluding hydrogens is 396 g/mol. The quantitative estimate of drug-likeness (QED) is 0.473. The first-order chi connectivity index (χ1) is 14.6. The van der Waals surface area contributed by atoms with Crippen LogP contribution in [0.4, 0.5) is 5.82 Å². The third kappa shape index (κ3) is 3.17. The van der Waals surface area contributed by atoms with Gasteiger partial charge in [0.2, 0.25) is 11.0 Å². The number of aryl methyl sites for hydroxylation is 1. The Morgan fingerprint density at radius 2 is 2.17 bits per heavy atom. The maximum atomic E-state index is 12.6. The lowest BCUT2D eigenvalue weighted by Gasteiger charge is -2.24. The van der Waals surface area contributed by atoms with E-state index in [0.717, 1.165) is 37.9 Å². The van der Waals surface area contributed by atoms with Crippen LogP contribution in [0.2, 0.25) is 0 Å². The van der Waals surface area contributed by atoms with Crippen LogP contribution in [0.5, 0.6) is 5.75 Å². The van der Waals surface area contributed by atoms with Crippen molar-refractivity contribution in [1.82, 2.24) is 14.8 Å². The Morgan fingerprint density at radius 1 is 1.30 bits per heavy atom. The van der Waals surface area contributed by atoms with Crippen LogP contribution in [0.3, 0.4) is 0 Å². The second kappa shape index (κ2) is 7.42. The first kappa shape index (κ1) is 18.6. The molecule has 2 aromatic carbocycles. The fourth-order valence-electron chi connectivity index (χ4n) is 3.90. The second-order valence-corrected chi connectivity index (χ2v) is 8.21. The number of aromatic nitrogens is 3. The average Bonchev–Trinajstić information content (AvgIpc) is 3.33. The van der Waals surface area contributed by atoms with Crippen LogP contribution >= 0.6 is 11.3 Å². The maximum Gasteiger partial charge on any atom is 0.226 e. The van der Waals surface area contributed by atoms with Gasteiger partial charge in [-0.3, -0.25) is 4.79 Å². The van der Waals surface area contributed by atoms with E-state index in [9.17, 15) is 4.79 Å². The van der Waals surface area contributed by atoms with Gasteiger partial charge >= 0.3 is 0 Å². The van der Waals surface area contributed by atoms with E-state index in [0.29, 0.717) is 18.8 Å². The zero-order valence-electron chi connectivity index (χ0n) is 16.5. The third-order valence-electron chi connectivity index (χ3n) is 5.19. The van der Waals surface area contributed by atoms with Crippen molar-refractivity contribution < 1.29 is 9.53 Å². The Balaban J connectivity index is 1.60. The minimum Gasteiger partial charge on any atom is -0.490 e. The van der Waals surface area contributed by atoms with E-state index in [1.807, 2.05) is 55.5 Å². The normalized spacial score (nSPS) is 15.6. The van der Waals surface area contributed by atoms with E-state index >= 15 is 0 Å². The molecule has 2 aromatic heterocycles. The number of para-hydroxylation sites is 1. The number of fused-ring (bicyclic) bond motifs is 2. The molecule has 0 radical (unpaired) electrons. The van der Waals surface area contributed by atoms with Crippen molar-refractivity contribution in [2.24, 2.45) is 0 Å². The summed E-state index contributed by atoms with van der Waals surface area (Å²) in [6.45, 7) is 6.11. The number of ether oxygens (including phenoxy) is 1. The van der Waals surface area contributed by atoms with Crippen LogP contribution in [0.25, 0.3) is 15.3 Å². The molecule has 1 aliphatic heterocycles. The van der Waals surface area contributed by atoms with E-state index in [4.69, 9.17) is 14.8 Å². The molecule has 1 aliphatic rings. The molecule has 4 aromatic rings. The minimum atomic E-state index is -0.0934. The summed E-state index contributed by atoms with van der Waals surface area (Å²) in [5.41, 5.74) is 3.85. The number of amides is 1. The molecular formula is C23H20N4O2S. The van der Waals surface area contributed by atoms with Crippen molar-refractivity contribution in [2.45, 2.75) is 19.3 Å². The lowest BCUT2D eigenvalue weighted by atomic mass is 9.86. The number of hydrogen-bond donors (Lipinski definition) is 1. The van der Waals surface area contributed by atoms with Crippen LogP contribution in [0.15, 0.2) is 61.2 Å². The highest BCUT2D eigenvalue weighted by Gasteiger charge is 2.33. The zero-order valence-corrected chi connectivity index (χ0v) is 17.3. The molecule has 1 N–H and O–H groups in total. The van der Waals surface area contributed by atoms with Crippen LogP contribution in [-0.2, 0) is 4.79 Å². The van der Waals surface area contributed by atoms with E-state index in [-0.39, 0.29) is 11.8 Å². The second-order valence-electron chi connectivity index (χ2n) is 7.20. The lowest BCUT2D eigenvalue weighted by Crippen LogP contribution is -2.25. The van der Waals surface area contributed by atoms with Gasteiger partial charge in [-0.1, -0.05) is 48.3 Å². The van der Waals surface area contributed by atoms with Gasteiger partial charge in [-0.2, -0.15) is 9.78 Å². The van der Waals surface area contributed by atoms with Crippen LogP contribution in [0, 0.1) is 6.92 Å². The molecule has 0 bridgehead atoms. The number of nitrogens with one attached hydrogen (secondary N) is 1. The van der Waals surface area contributed by atoms with Gasteiger partial charge in [-0.15, -0.1) is 0 Å². The predicted molar refractivity (Wildman–Crippen MR) is 119 cm³/mol. The number of benzene rings is 2. The van der Waals surface area contributed by atoms with Crippen molar-refractivity contribution in [3.05, 3.63) is 78.0 Å². The van der Waals surface area contributed by atoms with Crippen molar-refractivity contribution in [3.63, 3.8) is 0 Å². The number of nitrogens with zero attached hydrogens (tertiary/aromatic N) is 3. The molecule has 1 amide bonds. The van der Waals surface area contributed by atoms with E-state index in [1.165, 1.54) is 0 Å². The van der Waals surface area contributed by atoms with Crippen LogP contribution < -0.4 is 10.1 Å². The van der Waals surface area contributed by atoms with Crippen LogP contribution in [0.1, 0.15) is 29.2 Å². The number of rotatable bonds is 5. The van der Waals surface area contributed by atoms with Gasteiger partial charge in [0.1, 0.15) is 18.2 Å². The lowest BCUT2D eigenvalue weighted by molar-refractivity contribution is -0.116. The summed E-state index contributed by atoms with van der Waals surface area (Å²) >= 11 is 1.55. The molecule has 150 valence electrons. The van der Waals surface area contributed by atoms with Gasteiger partial charge in [-0.25, -0.2) is 4.98 Å². The van der Waals surface area contributed by atoms with Crippen molar-refractivity contribution >= 4 is 33.3 Å². The highest BCUT2D eigenvalue weighted by Crippen LogP contribution is 2.41. The SMILES string of the molecule is C=CCOc1cccc([C@H]2CC(=O)Nc3c2c(C)nn3-c2nc3ccccc3s2)c1. The fourth-order valence-corrected chi connectivity index (χ4v) is 4.82. The maximum absolute atomic E-state index is 12.6. The van der Waals surface area contributed by atoms with Gasteiger partial charge in [0, 0.05) is 17.9 Å². The Bertz CT molecular complexity index is 1240. The summed E-state index contributed by atoms with van der Waals surface area (Å²) in [6, 6.07) is 15.9. The number of thiazole rings is 1. The summed E-state index contributed by atoms with van der Waals surface area (Å²) in [5.74, 6) is 1.33. The molecule has 0 aliphatic carbocycles. The molecule has 6 nitrogen and oxygen atoms in total. The van der Waals surface area contributed by atoms with Gasteiger partial charge in [0.25, 0.3) is 0 Å². The molecule has 0 saturated carbocycles. The molecule has 30 heavy (non-hydrogen) atoms. The average molecular weight is 417 g/mol. The Hall–Kier alpha value is -3.45. The van der Waals surface area contributed by atoms with Gasteiger partial charge in [0.05, 0.1) is 15.9 Å². The topological polar surface area (TPSA) is 69.0 Å². The number of carbonyl (C=O) groups is 1. The van der Waals surface area contributed by atoms with Crippen molar-refractivity contribution in [2.75, 3.05) is 11.9 Å². The fraction of sp³-hybridized carbons (Fsp3) is 0.174. The molecule has 3 heterocycles. The van der Waals surface area contributed by atoms with Crippen molar-refractivity contribution in [3.8, 4) is 10.9 Å². The summed E-state index contributed by atoms with van der Waals surface area (Å²) in [6.07, 6.45) is 2.08. The summed E-state index contributed by atoms with van der Waals surface area (Å²) in [7, 11) is 0. The first-order valence-electron chi connectivity index (χ1n) is 9.73. The predicted octanol–water partition coefficient (Wildman–Crippen LogP) is 4.83. The molecule has 0 unspecified atom stereocenters. The Kier molecular flexibility index (Phi) is 4.59. The number of carbonyl (C=O) groups excluding carboxylic acids is 1. The van der Waals surface area contributed by atoms with Crippen LogP contribution in [-0.4, -0.2) is 27.3 Å². The molecule has 5 rings (SSSR count).